The number of nitrogens with zero attached hydrogens (tertiary/aromatic N) is 2. The maximum atomic E-state index is 10.2. The van der Waals surface area contributed by atoms with Gasteiger partial charge >= 0.3 is 12.0 Å². The molecule has 0 saturated carbocycles. The van der Waals surface area contributed by atoms with Gasteiger partial charge in [-0.15, -0.1) is 0 Å². The topological polar surface area (TPSA) is 72.7 Å². The van der Waals surface area contributed by atoms with E-state index in [0.29, 0.717) is 26.3 Å². The van der Waals surface area contributed by atoms with Crippen LogP contribution in [0.2, 0.25) is 0 Å². The van der Waals surface area contributed by atoms with Gasteiger partial charge in [-0.2, -0.15) is 0 Å². The van der Waals surface area contributed by atoms with Crippen LogP contribution in [0.1, 0.15) is 0 Å². The van der Waals surface area contributed by atoms with Crippen LogP contribution in [0.25, 0.3) is 0 Å². The number of ether oxygens (including phenoxy) is 1. The molecule has 0 aromatic carbocycles. The molecule has 1 aliphatic rings. The van der Waals surface area contributed by atoms with Crippen molar-refractivity contribution in [3.63, 3.8) is 0 Å². The number of carbonyl (C=O) groups excluding carboxylic acids is 1. The summed E-state index contributed by atoms with van der Waals surface area (Å²) >= 11 is 0. The highest BCUT2D eigenvalue weighted by molar-refractivity contribution is 5.70. The molecule has 0 atom stereocenters. The van der Waals surface area contributed by atoms with E-state index in [9.17, 15) is 14.9 Å². The zero-order valence-electron chi connectivity index (χ0n) is 6.93. The standard InChI is InChI=1S/C7H9N2O4/c10-6-7(9(11)12)5-8-1-3-13-4-2-8/h5H,1-4H2. The van der Waals surface area contributed by atoms with Gasteiger partial charge in [0.25, 0.3) is 0 Å². The summed E-state index contributed by atoms with van der Waals surface area (Å²) in [4.78, 5) is 21.3. The van der Waals surface area contributed by atoms with Crippen LogP contribution in [0, 0.1) is 10.1 Å². The Balaban J connectivity index is 2.59. The summed E-state index contributed by atoms with van der Waals surface area (Å²) in [7, 11) is 0. The van der Waals surface area contributed by atoms with Gasteiger partial charge in [-0.05, 0) is 0 Å². The molecule has 0 aliphatic carbocycles. The lowest BCUT2D eigenvalue weighted by Crippen LogP contribution is -2.32. The molecular weight excluding hydrogens is 176 g/mol. The van der Waals surface area contributed by atoms with Crippen LogP contribution in [-0.2, 0) is 9.53 Å². The molecule has 6 heteroatoms. The molecule has 1 radical (unpaired) electrons. The van der Waals surface area contributed by atoms with E-state index in [4.69, 9.17) is 4.74 Å². The van der Waals surface area contributed by atoms with Crippen LogP contribution < -0.4 is 0 Å². The fraction of sp³-hybridized carbons (Fsp3) is 0.571. The van der Waals surface area contributed by atoms with Gasteiger partial charge < -0.3 is 9.64 Å². The quantitative estimate of drug-likeness (QED) is 0.338. The largest absolute Gasteiger partial charge is 0.378 e. The predicted molar refractivity (Wildman–Crippen MR) is 43.2 cm³/mol. The normalized spacial score (nSPS) is 18.5. The van der Waals surface area contributed by atoms with Crippen LogP contribution in [0.4, 0.5) is 0 Å². The lowest BCUT2D eigenvalue weighted by molar-refractivity contribution is -0.416. The van der Waals surface area contributed by atoms with Crippen molar-refractivity contribution < 1.29 is 14.5 Å². The van der Waals surface area contributed by atoms with Crippen LogP contribution in [0.15, 0.2) is 11.9 Å². The molecule has 1 saturated heterocycles. The first kappa shape index (κ1) is 9.66. The van der Waals surface area contributed by atoms with Crippen molar-refractivity contribution in [2.75, 3.05) is 26.3 Å². The average Bonchev–Trinajstić information content (AvgIpc) is 2.15. The number of allylic oxidation sites excluding steroid dienone is 1. The Bertz CT molecular complexity index is 233. The summed E-state index contributed by atoms with van der Waals surface area (Å²) in [5.41, 5.74) is -0.540. The van der Waals surface area contributed by atoms with Crippen molar-refractivity contribution in [2.45, 2.75) is 0 Å². The third kappa shape index (κ3) is 2.83. The van der Waals surface area contributed by atoms with Gasteiger partial charge in [-0.1, -0.05) is 0 Å². The van der Waals surface area contributed by atoms with Crippen molar-refractivity contribution in [1.29, 1.82) is 0 Å². The minimum atomic E-state index is -0.748. The molecule has 71 valence electrons. The smallest absolute Gasteiger partial charge is 0.336 e. The van der Waals surface area contributed by atoms with E-state index >= 15 is 0 Å². The number of rotatable bonds is 3. The van der Waals surface area contributed by atoms with Gasteiger partial charge in [-0.25, -0.2) is 0 Å². The molecule has 0 amide bonds. The van der Waals surface area contributed by atoms with E-state index in [1.54, 1.807) is 4.90 Å². The molecule has 0 bridgehead atoms. The van der Waals surface area contributed by atoms with Gasteiger partial charge in [0.2, 0.25) is 0 Å². The molecule has 0 aromatic heterocycles. The van der Waals surface area contributed by atoms with Gasteiger partial charge in [0.1, 0.15) is 0 Å². The van der Waals surface area contributed by atoms with Gasteiger partial charge in [0.15, 0.2) is 0 Å². The first-order chi connectivity index (χ1) is 6.24. The summed E-state index contributed by atoms with van der Waals surface area (Å²) in [5, 5.41) is 10.2. The highest BCUT2D eigenvalue weighted by Gasteiger charge is 2.14. The second-order valence-electron chi connectivity index (χ2n) is 2.52. The number of nitro groups is 1. The lowest BCUT2D eigenvalue weighted by Gasteiger charge is -2.24. The molecule has 1 rings (SSSR count). The Kier molecular flexibility index (Phi) is 3.39. The Hall–Kier alpha value is -1.43. The molecule has 0 N–H and O–H groups in total. The molecule has 0 unspecified atom stereocenters. The molecule has 0 aromatic rings. The van der Waals surface area contributed by atoms with Gasteiger partial charge in [0, 0.05) is 13.1 Å². The van der Waals surface area contributed by atoms with E-state index < -0.39 is 10.6 Å². The van der Waals surface area contributed by atoms with E-state index in [1.807, 2.05) is 0 Å². The maximum Gasteiger partial charge on any atom is 0.336 e. The first-order valence-corrected chi connectivity index (χ1v) is 3.80. The highest BCUT2D eigenvalue weighted by Crippen LogP contribution is 2.00. The summed E-state index contributed by atoms with van der Waals surface area (Å²) in [5.74, 6) is 0. The van der Waals surface area contributed by atoms with E-state index in [-0.39, 0.29) is 0 Å². The van der Waals surface area contributed by atoms with Crippen LogP contribution >= 0.6 is 0 Å². The van der Waals surface area contributed by atoms with E-state index in [1.165, 1.54) is 12.5 Å². The Morgan fingerprint density at radius 1 is 1.54 bits per heavy atom. The molecule has 13 heavy (non-hydrogen) atoms. The van der Waals surface area contributed by atoms with Crippen molar-refractivity contribution in [1.82, 2.24) is 4.90 Å². The fourth-order valence-electron chi connectivity index (χ4n) is 0.990. The minimum Gasteiger partial charge on any atom is -0.378 e. The SMILES string of the molecule is O=[C]C(=CN1CCOCC1)[N+](=O)[O-]. The van der Waals surface area contributed by atoms with Crippen molar-refractivity contribution in [2.24, 2.45) is 0 Å². The average molecular weight is 185 g/mol. The number of hydrogen-bond acceptors (Lipinski definition) is 5. The summed E-state index contributed by atoms with van der Waals surface area (Å²) in [6, 6.07) is 0. The molecule has 1 heterocycles. The third-order valence-electron chi connectivity index (χ3n) is 1.65. The molecule has 0 spiro atoms. The Morgan fingerprint density at radius 3 is 2.62 bits per heavy atom. The first-order valence-electron chi connectivity index (χ1n) is 3.80. The van der Waals surface area contributed by atoms with Crippen molar-refractivity contribution in [3.8, 4) is 0 Å². The Morgan fingerprint density at radius 2 is 2.15 bits per heavy atom. The second kappa shape index (κ2) is 4.56. The zero-order chi connectivity index (χ0) is 9.68. The second-order valence-corrected chi connectivity index (χ2v) is 2.52. The van der Waals surface area contributed by atoms with Crippen LogP contribution in [0.5, 0.6) is 0 Å². The van der Waals surface area contributed by atoms with E-state index in [0.717, 1.165) is 0 Å². The Labute approximate surface area is 74.9 Å². The zero-order valence-corrected chi connectivity index (χ0v) is 6.93. The van der Waals surface area contributed by atoms with E-state index in [2.05, 4.69) is 0 Å². The van der Waals surface area contributed by atoms with Gasteiger partial charge in [-0.3, -0.25) is 14.9 Å². The number of hydrogen-bond donors (Lipinski definition) is 0. The van der Waals surface area contributed by atoms with Crippen LogP contribution in [0.3, 0.4) is 0 Å². The van der Waals surface area contributed by atoms with Gasteiger partial charge in [0.05, 0.1) is 24.3 Å². The maximum absolute atomic E-state index is 10.2. The van der Waals surface area contributed by atoms with Crippen molar-refractivity contribution in [3.05, 3.63) is 22.0 Å². The molecule has 6 nitrogen and oxygen atoms in total. The summed E-state index contributed by atoms with van der Waals surface area (Å²) in [6.07, 6.45) is 2.48. The summed E-state index contributed by atoms with van der Waals surface area (Å²) in [6.45, 7) is 2.19. The highest BCUT2D eigenvalue weighted by atomic mass is 16.6. The number of morpholine rings is 1. The summed E-state index contributed by atoms with van der Waals surface area (Å²) < 4.78 is 5.04. The molecular formula is C7H9N2O4. The minimum absolute atomic E-state index is 0.528. The van der Waals surface area contributed by atoms with Crippen LogP contribution in [-0.4, -0.2) is 42.4 Å². The monoisotopic (exact) mass is 185 g/mol. The molecule has 1 aliphatic heterocycles. The predicted octanol–water partition coefficient (Wildman–Crippen LogP) is -0.454. The third-order valence-corrected chi connectivity index (χ3v) is 1.65. The van der Waals surface area contributed by atoms with Crippen molar-refractivity contribution >= 4 is 6.29 Å². The fourth-order valence-corrected chi connectivity index (χ4v) is 0.990. The molecule has 1 fully saturated rings. The lowest BCUT2D eigenvalue weighted by atomic mass is 10.4.